The highest BCUT2D eigenvalue weighted by molar-refractivity contribution is 7.86. The van der Waals surface area contributed by atoms with Crippen LogP contribution in [0.25, 0.3) is 0 Å². The maximum atomic E-state index is 12.1. The number of aryl methyl sites for hydroxylation is 2. The molecule has 0 saturated heterocycles. The summed E-state index contributed by atoms with van der Waals surface area (Å²) in [5, 5.41) is 0. The predicted octanol–water partition coefficient (Wildman–Crippen LogP) is 4.87. The van der Waals surface area contributed by atoms with Crippen LogP contribution >= 0.6 is 0 Å². The Balaban J connectivity index is 2.40. The summed E-state index contributed by atoms with van der Waals surface area (Å²) in [5.41, 5.74) is 2.17. The van der Waals surface area contributed by atoms with Crippen LogP contribution < -0.4 is 0 Å². The van der Waals surface area contributed by atoms with Crippen LogP contribution in [0.2, 0.25) is 0 Å². The Morgan fingerprint density at radius 3 is 2.36 bits per heavy atom. The van der Waals surface area contributed by atoms with E-state index in [1.165, 1.54) is 18.4 Å². The summed E-state index contributed by atoms with van der Waals surface area (Å²) >= 11 is 0. The molecule has 126 valence electrons. The molecule has 4 heteroatoms. The van der Waals surface area contributed by atoms with Crippen molar-refractivity contribution in [3.05, 3.63) is 29.3 Å². The fourth-order valence-corrected chi connectivity index (χ4v) is 3.49. The third-order valence-corrected chi connectivity index (χ3v) is 5.21. The first-order valence-electron chi connectivity index (χ1n) is 8.35. The maximum Gasteiger partial charge on any atom is 0.296 e. The maximum absolute atomic E-state index is 12.1. The predicted molar refractivity (Wildman–Crippen MR) is 91.6 cm³/mol. The third kappa shape index (κ3) is 6.49. The van der Waals surface area contributed by atoms with Crippen molar-refractivity contribution in [3.63, 3.8) is 0 Å². The van der Waals surface area contributed by atoms with E-state index >= 15 is 0 Å². The Labute approximate surface area is 136 Å². The second kappa shape index (κ2) is 9.31. The molecule has 1 aromatic carbocycles. The fraction of sp³-hybridized carbons (Fsp3) is 0.667. The van der Waals surface area contributed by atoms with Crippen LogP contribution in [0, 0.1) is 12.8 Å². The molecule has 0 saturated carbocycles. The summed E-state index contributed by atoms with van der Waals surface area (Å²) < 4.78 is 29.4. The first-order chi connectivity index (χ1) is 10.4. The molecular weight excluding hydrogens is 296 g/mol. The first-order valence-corrected chi connectivity index (χ1v) is 9.76. The summed E-state index contributed by atoms with van der Waals surface area (Å²) in [5.74, 6) is 0.742. The number of hydrogen-bond acceptors (Lipinski definition) is 3. The van der Waals surface area contributed by atoms with Gasteiger partial charge in [0, 0.05) is 0 Å². The lowest BCUT2D eigenvalue weighted by atomic mass is 10.0. The van der Waals surface area contributed by atoms with E-state index in [4.69, 9.17) is 4.18 Å². The van der Waals surface area contributed by atoms with E-state index in [0.29, 0.717) is 0 Å². The van der Waals surface area contributed by atoms with Gasteiger partial charge in [-0.1, -0.05) is 52.5 Å². The van der Waals surface area contributed by atoms with Gasteiger partial charge in [-0.25, -0.2) is 0 Å². The molecule has 0 spiro atoms. The van der Waals surface area contributed by atoms with Gasteiger partial charge in [-0.15, -0.1) is 0 Å². The molecule has 0 radical (unpaired) electrons. The average molecular weight is 327 g/mol. The molecule has 0 aliphatic heterocycles. The van der Waals surface area contributed by atoms with Crippen molar-refractivity contribution in [2.75, 3.05) is 6.61 Å². The van der Waals surface area contributed by atoms with Gasteiger partial charge in [-0.3, -0.25) is 4.18 Å². The van der Waals surface area contributed by atoms with Crippen LogP contribution in [0.4, 0.5) is 0 Å². The van der Waals surface area contributed by atoms with Crippen LogP contribution in [-0.4, -0.2) is 15.0 Å². The molecule has 22 heavy (non-hydrogen) atoms. The molecule has 0 aromatic heterocycles. The summed E-state index contributed by atoms with van der Waals surface area (Å²) in [6.07, 6.45) is 6.32. The van der Waals surface area contributed by atoms with Crippen molar-refractivity contribution in [3.8, 4) is 0 Å². The van der Waals surface area contributed by atoms with Crippen LogP contribution in [-0.2, 0) is 20.7 Å². The quantitative estimate of drug-likeness (QED) is 0.455. The zero-order valence-electron chi connectivity index (χ0n) is 14.4. The fourth-order valence-electron chi connectivity index (χ4n) is 2.47. The molecule has 0 heterocycles. The van der Waals surface area contributed by atoms with Crippen LogP contribution in [0.1, 0.15) is 64.0 Å². The molecular formula is C18H30O3S. The molecule has 0 aliphatic carbocycles. The highest BCUT2D eigenvalue weighted by Gasteiger charge is 2.15. The Hall–Kier alpha value is -0.870. The molecule has 0 amide bonds. The zero-order chi connectivity index (χ0) is 16.6. The van der Waals surface area contributed by atoms with Gasteiger partial charge < -0.3 is 0 Å². The van der Waals surface area contributed by atoms with E-state index in [0.717, 1.165) is 37.2 Å². The lowest BCUT2D eigenvalue weighted by Gasteiger charge is -2.09. The smallest absolute Gasteiger partial charge is 0.266 e. The molecule has 3 nitrogen and oxygen atoms in total. The molecule has 0 N–H and O–H groups in total. The second-order valence-electron chi connectivity index (χ2n) is 6.31. The normalized spacial score (nSPS) is 12.0. The Morgan fingerprint density at radius 1 is 1.09 bits per heavy atom. The minimum absolute atomic E-state index is 0.266. The van der Waals surface area contributed by atoms with E-state index in [2.05, 4.69) is 20.8 Å². The van der Waals surface area contributed by atoms with Crippen molar-refractivity contribution in [2.24, 2.45) is 5.92 Å². The minimum atomic E-state index is -3.61. The van der Waals surface area contributed by atoms with E-state index < -0.39 is 10.1 Å². The summed E-state index contributed by atoms with van der Waals surface area (Å²) in [6, 6.07) is 5.22. The Bertz CT molecular complexity index is 547. The standard InChI is InChI=1S/C18H30O3S/c1-5-17-11-12-18(14-16(17)4)22(19,20)21-13-9-7-6-8-10-15(2)3/h11-12,14-15H,5-10,13H2,1-4H3. The topological polar surface area (TPSA) is 43.4 Å². The molecule has 0 bridgehead atoms. The van der Waals surface area contributed by atoms with Crippen molar-refractivity contribution in [2.45, 2.75) is 71.1 Å². The van der Waals surface area contributed by atoms with Gasteiger partial charge in [0.2, 0.25) is 0 Å². The zero-order valence-corrected chi connectivity index (χ0v) is 15.2. The summed E-state index contributed by atoms with van der Waals surface area (Å²) in [4.78, 5) is 0.266. The minimum Gasteiger partial charge on any atom is -0.266 e. The molecule has 1 aromatic rings. The van der Waals surface area contributed by atoms with E-state index in [1.54, 1.807) is 12.1 Å². The van der Waals surface area contributed by atoms with Crippen molar-refractivity contribution >= 4 is 10.1 Å². The Morgan fingerprint density at radius 2 is 1.77 bits per heavy atom. The van der Waals surface area contributed by atoms with Gasteiger partial charge in [0.1, 0.15) is 0 Å². The third-order valence-electron chi connectivity index (χ3n) is 3.90. The van der Waals surface area contributed by atoms with Gasteiger partial charge in [0.05, 0.1) is 11.5 Å². The van der Waals surface area contributed by atoms with E-state index in [-0.39, 0.29) is 11.5 Å². The summed E-state index contributed by atoms with van der Waals surface area (Å²) in [6.45, 7) is 8.72. The largest absolute Gasteiger partial charge is 0.296 e. The number of hydrogen-bond donors (Lipinski definition) is 0. The van der Waals surface area contributed by atoms with Gasteiger partial charge in [0.25, 0.3) is 10.1 Å². The second-order valence-corrected chi connectivity index (χ2v) is 7.93. The van der Waals surface area contributed by atoms with E-state index in [9.17, 15) is 8.42 Å². The van der Waals surface area contributed by atoms with E-state index in [1.807, 2.05) is 13.0 Å². The van der Waals surface area contributed by atoms with Crippen molar-refractivity contribution < 1.29 is 12.6 Å². The first kappa shape index (κ1) is 19.2. The van der Waals surface area contributed by atoms with Gasteiger partial charge in [-0.05, 0) is 48.9 Å². The molecule has 0 aliphatic rings. The molecule has 0 unspecified atom stereocenters. The summed E-state index contributed by atoms with van der Waals surface area (Å²) in [7, 11) is -3.61. The van der Waals surface area contributed by atoms with Gasteiger partial charge in [-0.2, -0.15) is 8.42 Å². The van der Waals surface area contributed by atoms with Gasteiger partial charge in [0.15, 0.2) is 0 Å². The lowest BCUT2D eigenvalue weighted by Crippen LogP contribution is -2.08. The van der Waals surface area contributed by atoms with Crippen LogP contribution in [0.3, 0.4) is 0 Å². The van der Waals surface area contributed by atoms with Crippen LogP contribution in [0.5, 0.6) is 0 Å². The van der Waals surface area contributed by atoms with Crippen molar-refractivity contribution in [1.29, 1.82) is 0 Å². The highest BCUT2D eigenvalue weighted by atomic mass is 32.2. The monoisotopic (exact) mass is 326 g/mol. The molecule has 1 rings (SSSR count). The molecule has 0 atom stereocenters. The number of rotatable bonds is 10. The Kier molecular flexibility index (Phi) is 8.12. The highest BCUT2D eigenvalue weighted by Crippen LogP contribution is 2.18. The van der Waals surface area contributed by atoms with Crippen LogP contribution in [0.15, 0.2) is 23.1 Å². The van der Waals surface area contributed by atoms with Crippen molar-refractivity contribution in [1.82, 2.24) is 0 Å². The van der Waals surface area contributed by atoms with Gasteiger partial charge >= 0.3 is 0 Å². The number of benzene rings is 1. The lowest BCUT2D eigenvalue weighted by molar-refractivity contribution is 0.305. The SMILES string of the molecule is CCc1ccc(S(=O)(=O)OCCCCCCC(C)C)cc1C. The molecule has 0 fully saturated rings. The number of unbranched alkanes of at least 4 members (excludes halogenated alkanes) is 3. The average Bonchev–Trinajstić information content (AvgIpc) is 2.45.